The molecular formula is C20H33IN4OS. The predicted octanol–water partition coefficient (Wildman–Crippen LogP) is 3.54. The van der Waals surface area contributed by atoms with Crippen molar-refractivity contribution in [2.75, 3.05) is 57.5 Å². The van der Waals surface area contributed by atoms with Gasteiger partial charge < -0.3 is 19.9 Å². The summed E-state index contributed by atoms with van der Waals surface area (Å²) >= 11 is 2.05. The maximum Gasteiger partial charge on any atom is 0.193 e. The van der Waals surface area contributed by atoms with Crippen molar-refractivity contribution in [2.45, 2.75) is 25.0 Å². The van der Waals surface area contributed by atoms with Crippen LogP contribution >= 0.6 is 35.7 Å². The van der Waals surface area contributed by atoms with E-state index in [1.54, 1.807) is 7.11 Å². The zero-order chi connectivity index (χ0) is 18.6. The van der Waals surface area contributed by atoms with E-state index in [-0.39, 0.29) is 24.0 Å². The number of nitrogens with one attached hydrogen (secondary N) is 1. The highest BCUT2D eigenvalue weighted by Crippen LogP contribution is 2.32. The first-order chi connectivity index (χ1) is 12.5. The van der Waals surface area contributed by atoms with Gasteiger partial charge in [-0.1, -0.05) is 12.1 Å². The lowest BCUT2D eigenvalue weighted by molar-refractivity contribution is 0.372. The van der Waals surface area contributed by atoms with Crippen LogP contribution in [0.1, 0.15) is 20.3 Å². The van der Waals surface area contributed by atoms with Crippen molar-refractivity contribution in [2.24, 2.45) is 10.9 Å². The van der Waals surface area contributed by atoms with Crippen LogP contribution in [-0.4, -0.2) is 68.2 Å². The van der Waals surface area contributed by atoms with Gasteiger partial charge in [0.2, 0.25) is 0 Å². The van der Waals surface area contributed by atoms with E-state index < -0.39 is 0 Å². The van der Waals surface area contributed by atoms with E-state index >= 15 is 0 Å². The van der Waals surface area contributed by atoms with E-state index in [4.69, 9.17) is 4.74 Å². The van der Waals surface area contributed by atoms with Crippen LogP contribution < -0.4 is 15.0 Å². The van der Waals surface area contributed by atoms with Crippen molar-refractivity contribution in [3.05, 3.63) is 24.3 Å². The van der Waals surface area contributed by atoms with E-state index in [2.05, 4.69) is 57.9 Å². The van der Waals surface area contributed by atoms with Gasteiger partial charge in [-0.25, -0.2) is 0 Å². The highest BCUT2D eigenvalue weighted by Gasteiger charge is 2.30. The molecular weight excluding hydrogens is 471 g/mol. The molecule has 3 rings (SSSR count). The zero-order valence-corrected chi connectivity index (χ0v) is 20.0. The fourth-order valence-corrected chi connectivity index (χ4v) is 4.99. The molecule has 0 spiro atoms. The lowest BCUT2D eigenvalue weighted by Gasteiger charge is -2.39. The third-order valence-corrected chi connectivity index (χ3v) is 6.49. The lowest BCUT2D eigenvalue weighted by Crippen LogP contribution is -2.51. The zero-order valence-electron chi connectivity index (χ0n) is 16.9. The minimum atomic E-state index is 0. The lowest BCUT2D eigenvalue weighted by atomic mass is 10.1. The number of guanidine groups is 1. The van der Waals surface area contributed by atoms with E-state index in [0.717, 1.165) is 44.4 Å². The number of nitrogens with zero attached hydrogens (tertiary/aromatic N) is 3. The minimum Gasteiger partial charge on any atom is -0.495 e. The number of hydrogen-bond donors (Lipinski definition) is 1. The van der Waals surface area contributed by atoms with E-state index in [0.29, 0.717) is 10.7 Å². The van der Waals surface area contributed by atoms with Gasteiger partial charge in [0.1, 0.15) is 5.75 Å². The molecule has 0 radical (unpaired) electrons. The Morgan fingerprint density at radius 2 is 2.11 bits per heavy atom. The van der Waals surface area contributed by atoms with Crippen LogP contribution in [0, 0.1) is 5.92 Å². The Kier molecular flexibility index (Phi) is 8.39. The molecule has 0 saturated carbocycles. The summed E-state index contributed by atoms with van der Waals surface area (Å²) in [6.07, 6.45) is 1.20. The maximum atomic E-state index is 5.52. The molecule has 27 heavy (non-hydrogen) atoms. The summed E-state index contributed by atoms with van der Waals surface area (Å²) in [5.74, 6) is 3.81. The molecule has 0 aromatic heterocycles. The normalized spacial score (nSPS) is 22.4. The fraction of sp³-hybridized carbons (Fsp3) is 0.650. The third kappa shape index (κ3) is 5.82. The molecule has 0 amide bonds. The van der Waals surface area contributed by atoms with Crippen LogP contribution in [0.4, 0.5) is 5.69 Å². The summed E-state index contributed by atoms with van der Waals surface area (Å²) < 4.78 is 5.82. The number of para-hydroxylation sites is 2. The molecule has 2 heterocycles. The topological polar surface area (TPSA) is 40.1 Å². The van der Waals surface area contributed by atoms with Crippen molar-refractivity contribution in [1.29, 1.82) is 0 Å². The molecule has 5 nitrogen and oxygen atoms in total. The maximum absolute atomic E-state index is 5.52. The van der Waals surface area contributed by atoms with Crippen LogP contribution in [0.3, 0.4) is 0 Å². The van der Waals surface area contributed by atoms with Crippen LogP contribution in [0.25, 0.3) is 0 Å². The first-order valence-corrected chi connectivity index (χ1v) is 10.5. The van der Waals surface area contributed by atoms with Gasteiger partial charge in [-0.15, -0.1) is 24.0 Å². The molecule has 1 aromatic rings. The highest BCUT2D eigenvalue weighted by molar-refractivity contribution is 14.0. The van der Waals surface area contributed by atoms with Gasteiger partial charge in [0.15, 0.2) is 5.96 Å². The van der Waals surface area contributed by atoms with Gasteiger partial charge >= 0.3 is 0 Å². The first-order valence-electron chi connectivity index (χ1n) is 9.50. The largest absolute Gasteiger partial charge is 0.495 e. The Morgan fingerprint density at radius 3 is 2.81 bits per heavy atom. The number of methoxy groups -OCH3 is 1. The number of aliphatic imine (C=N–C) groups is 1. The van der Waals surface area contributed by atoms with Crippen LogP contribution in [0.15, 0.2) is 29.3 Å². The average molecular weight is 504 g/mol. The summed E-state index contributed by atoms with van der Waals surface area (Å²) in [5.41, 5.74) is 1.21. The average Bonchev–Trinajstić information content (AvgIpc) is 3.10. The molecule has 1 aromatic carbocycles. The number of benzene rings is 1. The number of hydrogen-bond acceptors (Lipinski definition) is 4. The standard InChI is InChI=1S/C20H32N4OS.HI/c1-20(2)15-24(11-12-26-20)19(21-3)22-13-16-9-10-23(14-16)17-7-5-6-8-18(17)25-4;/h5-8,16H,9-15H2,1-4H3,(H,21,22);1H. The SMILES string of the molecule is CN=C(NCC1CCN(c2ccccc2OC)C1)N1CCSC(C)(C)C1.I. The van der Waals surface area contributed by atoms with Gasteiger partial charge in [-0.2, -0.15) is 11.8 Å². The Labute approximate surface area is 185 Å². The number of halogens is 1. The highest BCUT2D eigenvalue weighted by atomic mass is 127. The van der Waals surface area contributed by atoms with Crippen LogP contribution in [-0.2, 0) is 0 Å². The van der Waals surface area contributed by atoms with Gasteiger partial charge in [0.25, 0.3) is 0 Å². The molecule has 1 atom stereocenters. The number of rotatable bonds is 4. The molecule has 2 fully saturated rings. The second-order valence-corrected chi connectivity index (χ2v) is 9.53. The fourth-order valence-electron chi connectivity index (χ4n) is 3.87. The van der Waals surface area contributed by atoms with Crippen molar-refractivity contribution in [3.8, 4) is 5.75 Å². The summed E-state index contributed by atoms with van der Waals surface area (Å²) in [5, 5.41) is 3.63. The van der Waals surface area contributed by atoms with E-state index in [9.17, 15) is 0 Å². The van der Waals surface area contributed by atoms with Crippen molar-refractivity contribution in [1.82, 2.24) is 10.2 Å². The molecule has 2 aliphatic rings. The van der Waals surface area contributed by atoms with Crippen LogP contribution in [0.2, 0.25) is 0 Å². The Hall–Kier alpha value is -0.830. The van der Waals surface area contributed by atoms with Crippen molar-refractivity contribution in [3.63, 3.8) is 0 Å². The molecule has 1 N–H and O–H groups in total. The quantitative estimate of drug-likeness (QED) is 0.386. The Bertz CT molecular complexity index is 640. The summed E-state index contributed by atoms with van der Waals surface area (Å²) in [4.78, 5) is 9.38. The summed E-state index contributed by atoms with van der Waals surface area (Å²) in [6.45, 7) is 9.88. The first kappa shape index (κ1) is 22.5. The van der Waals surface area contributed by atoms with Gasteiger partial charge in [-0.05, 0) is 38.3 Å². The second-order valence-electron chi connectivity index (χ2n) is 7.73. The van der Waals surface area contributed by atoms with Crippen molar-refractivity contribution >= 4 is 47.4 Å². The second kappa shape index (κ2) is 10.1. The molecule has 1 unspecified atom stereocenters. The van der Waals surface area contributed by atoms with Gasteiger partial charge in [0, 0.05) is 50.3 Å². The summed E-state index contributed by atoms with van der Waals surface area (Å²) in [7, 11) is 3.64. The number of thioether (sulfide) groups is 1. The Balaban J connectivity index is 0.00000261. The van der Waals surface area contributed by atoms with Crippen LogP contribution in [0.5, 0.6) is 5.75 Å². The molecule has 2 saturated heterocycles. The predicted molar refractivity (Wildman–Crippen MR) is 128 cm³/mol. The monoisotopic (exact) mass is 504 g/mol. The molecule has 0 aliphatic carbocycles. The van der Waals surface area contributed by atoms with Gasteiger partial charge in [-0.3, -0.25) is 4.99 Å². The molecule has 7 heteroatoms. The van der Waals surface area contributed by atoms with Crippen molar-refractivity contribution < 1.29 is 4.74 Å². The molecule has 152 valence electrons. The smallest absolute Gasteiger partial charge is 0.193 e. The molecule has 0 bridgehead atoms. The van der Waals surface area contributed by atoms with E-state index in [1.165, 1.54) is 17.9 Å². The number of anilines is 1. The van der Waals surface area contributed by atoms with Gasteiger partial charge in [0.05, 0.1) is 12.8 Å². The molecule has 2 aliphatic heterocycles. The Morgan fingerprint density at radius 1 is 1.33 bits per heavy atom. The summed E-state index contributed by atoms with van der Waals surface area (Å²) in [6, 6.07) is 8.31. The minimum absolute atomic E-state index is 0. The third-order valence-electron chi connectivity index (χ3n) is 5.20. The number of ether oxygens (including phenoxy) is 1. The van der Waals surface area contributed by atoms with E-state index in [1.807, 2.05) is 19.2 Å².